The zero-order chi connectivity index (χ0) is 22.0. The Morgan fingerprint density at radius 1 is 1.30 bits per heavy atom. The second kappa shape index (κ2) is 9.14. The molecule has 0 bridgehead atoms. The van der Waals surface area contributed by atoms with Crippen LogP contribution in [0.5, 0.6) is 0 Å². The molecule has 0 saturated heterocycles. The van der Waals surface area contributed by atoms with Crippen molar-refractivity contribution in [2.24, 2.45) is 0 Å². The van der Waals surface area contributed by atoms with Crippen LogP contribution in [0.4, 0.5) is 10.7 Å². The molecule has 1 amide bonds. The van der Waals surface area contributed by atoms with E-state index in [2.05, 4.69) is 23.2 Å². The van der Waals surface area contributed by atoms with Crippen molar-refractivity contribution < 1.29 is 14.3 Å². The summed E-state index contributed by atoms with van der Waals surface area (Å²) in [6, 6.07) is 8.35. The van der Waals surface area contributed by atoms with E-state index in [0.717, 1.165) is 12.1 Å². The smallest absolute Gasteiger partial charge is 0.341 e. The van der Waals surface area contributed by atoms with Crippen molar-refractivity contribution in [1.29, 1.82) is 0 Å². The number of hydrogen-bond acceptors (Lipinski definition) is 5. The van der Waals surface area contributed by atoms with Gasteiger partial charge in [-0.3, -0.25) is 4.79 Å². The number of thiocarbonyl (C=S) groups is 1. The van der Waals surface area contributed by atoms with Crippen molar-refractivity contribution in [2.75, 3.05) is 30.4 Å². The zero-order valence-electron chi connectivity index (χ0n) is 17.9. The van der Waals surface area contributed by atoms with Crippen molar-refractivity contribution in [2.45, 2.75) is 40.2 Å². The molecule has 0 saturated carbocycles. The fourth-order valence-corrected chi connectivity index (χ4v) is 5.45. The Morgan fingerprint density at radius 3 is 2.60 bits per heavy atom. The molecule has 2 heterocycles. The Morgan fingerprint density at radius 2 is 1.97 bits per heavy atom. The summed E-state index contributed by atoms with van der Waals surface area (Å²) < 4.78 is 4.99. The number of benzene rings is 1. The molecular formula is C22H27N3O3S2. The Balaban J connectivity index is 1.97. The van der Waals surface area contributed by atoms with Gasteiger partial charge in [-0.05, 0) is 63.5 Å². The fraction of sp³-hybridized carbons (Fsp3) is 0.409. The van der Waals surface area contributed by atoms with Crippen LogP contribution in [-0.2, 0) is 11.2 Å². The molecule has 0 aliphatic carbocycles. The van der Waals surface area contributed by atoms with Gasteiger partial charge in [-0.2, -0.15) is 0 Å². The number of esters is 1. The summed E-state index contributed by atoms with van der Waals surface area (Å²) in [5.74, 6) is -0.575. The molecule has 2 aromatic rings. The van der Waals surface area contributed by atoms with Gasteiger partial charge in [0.1, 0.15) is 5.00 Å². The molecule has 30 heavy (non-hydrogen) atoms. The third-order valence-electron chi connectivity index (χ3n) is 5.43. The summed E-state index contributed by atoms with van der Waals surface area (Å²) >= 11 is 6.97. The number of para-hydroxylation sites is 1. The highest BCUT2D eigenvalue weighted by molar-refractivity contribution is 7.80. The molecular weight excluding hydrogens is 418 g/mol. The number of nitrogens with one attached hydrogen (secondary N) is 1. The molecule has 0 fully saturated rings. The number of ether oxygens (including phenoxy) is 1. The maximum Gasteiger partial charge on any atom is 0.341 e. The molecule has 1 aliphatic rings. The number of nitrogens with zero attached hydrogens (tertiary/aromatic N) is 2. The number of fused-ring (bicyclic) bond motifs is 1. The quantitative estimate of drug-likeness (QED) is 0.541. The van der Waals surface area contributed by atoms with Crippen LogP contribution < -0.4 is 10.2 Å². The van der Waals surface area contributed by atoms with Crippen molar-refractivity contribution in [3.63, 3.8) is 0 Å². The summed E-state index contributed by atoms with van der Waals surface area (Å²) in [5.41, 5.74) is 3.28. The van der Waals surface area contributed by atoms with Gasteiger partial charge in [-0.15, -0.1) is 11.3 Å². The Bertz CT molecular complexity index is 982. The molecule has 0 spiro atoms. The summed E-state index contributed by atoms with van der Waals surface area (Å²) in [4.78, 5) is 29.8. The van der Waals surface area contributed by atoms with Crippen LogP contribution in [-0.4, -0.2) is 48.1 Å². The van der Waals surface area contributed by atoms with Crippen LogP contribution >= 0.6 is 23.6 Å². The normalized spacial score (nSPS) is 15.0. The third-order valence-corrected chi connectivity index (χ3v) is 6.92. The van der Waals surface area contributed by atoms with Crippen LogP contribution in [0, 0.1) is 6.92 Å². The lowest BCUT2D eigenvalue weighted by atomic mass is 10.1. The Hall–Kier alpha value is -2.45. The Kier molecular flexibility index (Phi) is 6.77. The van der Waals surface area contributed by atoms with E-state index in [4.69, 9.17) is 17.0 Å². The molecule has 3 rings (SSSR count). The summed E-state index contributed by atoms with van der Waals surface area (Å²) in [7, 11) is 1.34. The van der Waals surface area contributed by atoms with E-state index >= 15 is 0 Å². The minimum atomic E-state index is -0.484. The summed E-state index contributed by atoms with van der Waals surface area (Å²) in [6.45, 7) is 8.97. The van der Waals surface area contributed by atoms with Gasteiger partial charge in [0.15, 0.2) is 5.11 Å². The van der Waals surface area contributed by atoms with E-state index in [1.807, 2.05) is 32.0 Å². The van der Waals surface area contributed by atoms with Crippen LogP contribution in [0.15, 0.2) is 24.3 Å². The zero-order valence-corrected chi connectivity index (χ0v) is 19.6. The number of amides is 1. The number of thiophene rings is 1. The molecule has 1 N–H and O–H groups in total. The van der Waals surface area contributed by atoms with E-state index in [9.17, 15) is 9.59 Å². The average Bonchev–Trinajstić information content (AvgIpc) is 3.23. The second-order valence-corrected chi connectivity index (χ2v) is 8.62. The number of rotatable bonds is 5. The Labute approximate surface area is 186 Å². The number of methoxy groups -OCH3 is 1. The van der Waals surface area contributed by atoms with Gasteiger partial charge in [0.2, 0.25) is 0 Å². The van der Waals surface area contributed by atoms with Gasteiger partial charge in [-0.1, -0.05) is 18.2 Å². The highest BCUT2D eigenvalue weighted by atomic mass is 32.1. The van der Waals surface area contributed by atoms with Gasteiger partial charge >= 0.3 is 5.97 Å². The number of carbonyl (C=O) groups is 2. The van der Waals surface area contributed by atoms with E-state index in [1.54, 1.807) is 11.8 Å². The van der Waals surface area contributed by atoms with Gasteiger partial charge in [0.05, 0.1) is 17.6 Å². The minimum absolute atomic E-state index is 0.0912. The molecule has 8 heteroatoms. The lowest BCUT2D eigenvalue weighted by molar-refractivity contribution is 0.0601. The molecule has 1 aromatic heterocycles. The molecule has 160 valence electrons. The van der Waals surface area contributed by atoms with Crippen LogP contribution in [0.2, 0.25) is 0 Å². The monoisotopic (exact) mass is 445 g/mol. The van der Waals surface area contributed by atoms with Gasteiger partial charge in [-0.25, -0.2) is 4.79 Å². The van der Waals surface area contributed by atoms with Crippen LogP contribution in [0.1, 0.15) is 51.9 Å². The van der Waals surface area contributed by atoms with Crippen molar-refractivity contribution in [3.05, 3.63) is 45.8 Å². The van der Waals surface area contributed by atoms with Gasteiger partial charge < -0.3 is 19.9 Å². The first-order chi connectivity index (χ1) is 14.3. The predicted octanol–water partition coefficient (Wildman–Crippen LogP) is 4.47. The second-order valence-electron chi connectivity index (χ2n) is 7.21. The number of anilines is 2. The van der Waals surface area contributed by atoms with E-state index in [-0.39, 0.29) is 11.9 Å². The van der Waals surface area contributed by atoms with Crippen molar-refractivity contribution in [1.82, 2.24) is 4.90 Å². The molecule has 1 aliphatic heterocycles. The van der Waals surface area contributed by atoms with E-state index < -0.39 is 5.97 Å². The van der Waals surface area contributed by atoms with Crippen LogP contribution in [0.25, 0.3) is 0 Å². The standard InChI is InChI=1S/C22H27N3O3S2/c1-6-24(7-2)20(26)18-14(4)17(21(27)28-5)19(30-18)23-22(29)25-13(3)12-15-10-8-9-11-16(15)25/h8-11,13H,6-7,12H2,1-5H3,(H,23,29)/t13-/m0/s1. The van der Waals surface area contributed by atoms with E-state index in [0.29, 0.717) is 39.2 Å². The first kappa shape index (κ1) is 22.2. The molecule has 0 radical (unpaired) electrons. The topological polar surface area (TPSA) is 61.9 Å². The first-order valence-electron chi connectivity index (χ1n) is 10.0. The minimum Gasteiger partial charge on any atom is -0.465 e. The van der Waals surface area contributed by atoms with Gasteiger partial charge in [0.25, 0.3) is 5.91 Å². The molecule has 1 aromatic carbocycles. The lowest BCUT2D eigenvalue weighted by Gasteiger charge is -2.26. The highest BCUT2D eigenvalue weighted by Crippen LogP contribution is 2.37. The highest BCUT2D eigenvalue weighted by Gasteiger charge is 2.31. The van der Waals surface area contributed by atoms with Crippen molar-refractivity contribution in [3.8, 4) is 0 Å². The maximum atomic E-state index is 13.0. The number of hydrogen-bond donors (Lipinski definition) is 1. The SMILES string of the molecule is CCN(CC)C(=O)c1sc(NC(=S)N2c3ccccc3C[C@@H]2C)c(C(=O)OC)c1C. The average molecular weight is 446 g/mol. The molecule has 6 nitrogen and oxygen atoms in total. The molecule has 0 unspecified atom stereocenters. The van der Waals surface area contributed by atoms with E-state index in [1.165, 1.54) is 24.0 Å². The molecule has 1 atom stereocenters. The van der Waals surface area contributed by atoms with Gasteiger partial charge in [0, 0.05) is 24.8 Å². The van der Waals surface area contributed by atoms with Crippen LogP contribution in [0.3, 0.4) is 0 Å². The lowest BCUT2D eigenvalue weighted by Crippen LogP contribution is -2.38. The summed E-state index contributed by atoms with van der Waals surface area (Å²) in [5, 5.41) is 4.27. The maximum absolute atomic E-state index is 13.0. The van der Waals surface area contributed by atoms with Crippen molar-refractivity contribution >= 4 is 51.2 Å². The number of carbonyl (C=O) groups excluding carboxylic acids is 2. The summed E-state index contributed by atoms with van der Waals surface area (Å²) in [6.07, 6.45) is 0.900. The first-order valence-corrected chi connectivity index (χ1v) is 11.2. The third kappa shape index (κ3) is 3.94. The largest absolute Gasteiger partial charge is 0.465 e. The predicted molar refractivity (Wildman–Crippen MR) is 126 cm³/mol. The fourth-order valence-electron chi connectivity index (χ4n) is 3.84.